The fraction of sp³-hybridized carbons (Fsp3) is 0.545. The molecule has 1 aromatic heterocycles. The monoisotopic (exact) mass is 494 g/mol. The molecule has 0 aromatic carbocycles. The predicted molar refractivity (Wildman–Crippen MR) is 117 cm³/mol. The molecule has 1 aliphatic rings. The van der Waals surface area contributed by atoms with Gasteiger partial charge in [0.1, 0.15) is 23.4 Å². The van der Waals surface area contributed by atoms with Crippen LogP contribution in [0.4, 0.5) is 0 Å². The summed E-state index contributed by atoms with van der Waals surface area (Å²) < 4.78 is 29.1. The van der Waals surface area contributed by atoms with Gasteiger partial charge in [0.15, 0.2) is 24.5 Å². The van der Waals surface area contributed by atoms with E-state index in [1.54, 1.807) is 19.9 Å². The summed E-state index contributed by atoms with van der Waals surface area (Å²) in [6.07, 6.45) is -6.27. The molecule has 0 radical (unpaired) electrons. The zero-order valence-corrected chi connectivity index (χ0v) is 20.5. The van der Waals surface area contributed by atoms with Crippen molar-refractivity contribution < 1.29 is 42.9 Å². The van der Waals surface area contributed by atoms with E-state index in [-0.39, 0.29) is 16.8 Å². The molecule has 0 aliphatic carbocycles. The zero-order chi connectivity index (χ0) is 25.7. The summed E-state index contributed by atoms with van der Waals surface area (Å²) in [5.74, 6) is -2.82. The molecular weight excluding hydrogens is 468 g/mol. The van der Waals surface area contributed by atoms with Gasteiger partial charge in [0.2, 0.25) is 0 Å². The number of nitriles is 1. The van der Waals surface area contributed by atoms with Gasteiger partial charge < -0.3 is 28.3 Å². The van der Waals surface area contributed by atoms with Gasteiger partial charge in [-0.15, -0.1) is 0 Å². The number of ether oxygens (including phenoxy) is 5. The maximum absolute atomic E-state index is 12.0. The SMILES string of the molecule is CC(=O)OC[C@@H]1O[C@@H](n2c(C)c(C)cc(C#N)c2=S)[C@H](OC(C)=O)[C@H](OC(C)=O)[C@@H]1OC(C)=O. The number of carbonyl (C=O) groups excluding carboxylic acids is 4. The summed E-state index contributed by atoms with van der Waals surface area (Å²) in [4.78, 5) is 47.3. The molecule has 0 spiro atoms. The van der Waals surface area contributed by atoms with Gasteiger partial charge in [-0.05, 0) is 25.5 Å². The summed E-state index contributed by atoms with van der Waals surface area (Å²) in [5.41, 5.74) is 1.45. The van der Waals surface area contributed by atoms with Crippen LogP contribution in [-0.2, 0) is 42.9 Å². The highest BCUT2D eigenvalue weighted by atomic mass is 32.1. The number of aromatic nitrogens is 1. The van der Waals surface area contributed by atoms with E-state index < -0.39 is 54.5 Å². The van der Waals surface area contributed by atoms with Crippen molar-refractivity contribution in [2.45, 2.75) is 72.2 Å². The number of rotatable bonds is 6. The molecule has 0 N–H and O–H groups in total. The van der Waals surface area contributed by atoms with E-state index in [1.807, 2.05) is 6.07 Å². The number of esters is 4. The summed E-state index contributed by atoms with van der Waals surface area (Å²) >= 11 is 5.50. The minimum atomic E-state index is -1.34. The Bertz CT molecular complexity index is 1090. The van der Waals surface area contributed by atoms with Gasteiger partial charge in [-0.1, -0.05) is 12.2 Å². The molecule has 34 heavy (non-hydrogen) atoms. The fourth-order valence-corrected chi connectivity index (χ4v) is 4.00. The lowest BCUT2D eigenvalue weighted by atomic mass is 9.96. The largest absolute Gasteiger partial charge is 0.463 e. The summed E-state index contributed by atoms with van der Waals surface area (Å²) in [7, 11) is 0. The minimum Gasteiger partial charge on any atom is -0.463 e. The van der Waals surface area contributed by atoms with Crippen LogP contribution in [0, 0.1) is 29.8 Å². The lowest BCUT2D eigenvalue weighted by Crippen LogP contribution is -2.60. The first-order valence-corrected chi connectivity index (χ1v) is 10.7. The molecule has 12 heteroatoms. The molecule has 11 nitrogen and oxygen atoms in total. The standard InChI is InChI=1S/C22H26N2O9S/c1-10-7-16(8-23)22(34)24(11(10)2)21-20(32-15(6)28)19(31-14(5)27)18(30-13(4)26)17(33-21)9-29-12(3)25/h7,17-21H,9H2,1-6H3/t17-,18+,19+,20+,21+/m0/s1. The second kappa shape index (κ2) is 11.2. The molecule has 1 aliphatic heterocycles. The molecule has 0 amide bonds. The van der Waals surface area contributed by atoms with Crippen LogP contribution >= 0.6 is 12.2 Å². The average Bonchev–Trinajstić information content (AvgIpc) is 2.72. The Labute approximate surface area is 201 Å². The van der Waals surface area contributed by atoms with E-state index in [0.717, 1.165) is 20.8 Å². The molecule has 0 saturated carbocycles. The zero-order valence-electron chi connectivity index (χ0n) is 19.6. The van der Waals surface area contributed by atoms with Gasteiger partial charge in [-0.25, -0.2) is 0 Å². The number of hydrogen-bond donors (Lipinski definition) is 0. The molecule has 1 fully saturated rings. The molecular formula is C22H26N2O9S. The molecule has 0 bridgehead atoms. The van der Waals surface area contributed by atoms with E-state index in [9.17, 15) is 24.4 Å². The quantitative estimate of drug-likeness (QED) is 0.325. The number of carbonyl (C=O) groups is 4. The fourth-order valence-electron chi connectivity index (χ4n) is 3.65. The molecule has 5 atom stereocenters. The number of pyridine rings is 1. The van der Waals surface area contributed by atoms with Crippen molar-refractivity contribution in [2.24, 2.45) is 0 Å². The van der Waals surface area contributed by atoms with Crippen molar-refractivity contribution in [1.29, 1.82) is 5.26 Å². The minimum absolute atomic E-state index is 0.0894. The van der Waals surface area contributed by atoms with Crippen molar-refractivity contribution in [2.75, 3.05) is 6.61 Å². The van der Waals surface area contributed by atoms with E-state index in [1.165, 1.54) is 11.5 Å². The van der Waals surface area contributed by atoms with Crippen molar-refractivity contribution >= 4 is 36.1 Å². The molecule has 184 valence electrons. The van der Waals surface area contributed by atoms with Crippen LogP contribution in [0.5, 0.6) is 0 Å². The van der Waals surface area contributed by atoms with Gasteiger partial charge in [0.05, 0.1) is 5.56 Å². The van der Waals surface area contributed by atoms with Crippen molar-refractivity contribution in [1.82, 2.24) is 4.57 Å². The van der Waals surface area contributed by atoms with Gasteiger partial charge in [0.25, 0.3) is 0 Å². The Morgan fingerprint density at radius 3 is 2.00 bits per heavy atom. The highest BCUT2D eigenvalue weighted by Crippen LogP contribution is 2.36. The normalized spacial score (nSPS) is 23.9. The second-order valence-corrected chi connectivity index (χ2v) is 8.09. The van der Waals surface area contributed by atoms with Crippen molar-refractivity contribution in [3.8, 4) is 6.07 Å². The second-order valence-electron chi connectivity index (χ2n) is 7.70. The van der Waals surface area contributed by atoms with Crippen LogP contribution in [0.3, 0.4) is 0 Å². The van der Waals surface area contributed by atoms with E-state index in [2.05, 4.69) is 0 Å². The summed E-state index contributed by atoms with van der Waals surface area (Å²) in [6, 6.07) is 3.63. The third kappa shape index (κ3) is 6.18. The average molecular weight is 495 g/mol. The Balaban J connectivity index is 2.76. The first kappa shape index (κ1) is 26.9. The van der Waals surface area contributed by atoms with Gasteiger partial charge in [0, 0.05) is 33.4 Å². The first-order chi connectivity index (χ1) is 15.9. The first-order valence-electron chi connectivity index (χ1n) is 10.3. The number of aryl methyl sites for hydroxylation is 1. The molecule has 0 unspecified atom stereocenters. The lowest BCUT2D eigenvalue weighted by molar-refractivity contribution is -0.269. The van der Waals surface area contributed by atoms with Crippen LogP contribution in [0.2, 0.25) is 0 Å². The third-order valence-electron chi connectivity index (χ3n) is 5.08. The highest BCUT2D eigenvalue weighted by molar-refractivity contribution is 7.71. The topological polar surface area (TPSA) is 143 Å². The Morgan fingerprint density at radius 2 is 1.50 bits per heavy atom. The summed E-state index contributed by atoms with van der Waals surface area (Å²) in [6.45, 7) is 7.73. The van der Waals surface area contributed by atoms with Gasteiger partial charge in [-0.2, -0.15) is 5.26 Å². The predicted octanol–water partition coefficient (Wildman–Crippen LogP) is 1.96. The van der Waals surface area contributed by atoms with Crippen LogP contribution in [-0.4, -0.2) is 59.5 Å². The van der Waals surface area contributed by atoms with Gasteiger partial charge in [-0.3, -0.25) is 19.2 Å². The third-order valence-corrected chi connectivity index (χ3v) is 5.50. The van der Waals surface area contributed by atoms with E-state index >= 15 is 0 Å². The molecule has 1 aromatic rings. The van der Waals surface area contributed by atoms with E-state index in [4.69, 9.17) is 35.9 Å². The van der Waals surface area contributed by atoms with Crippen LogP contribution in [0.15, 0.2) is 6.07 Å². The number of nitrogens with zero attached hydrogens (tertiary/aromatic N) is 2. The highest BCUT2D eigenvalue weighted by Gasteiger charge is 2.53. The Kier molecular flexibility index (Phi) is 8.89. The summed E-state index contributed by atoms with van der Waals surface area (Å²) in [5, 5.41) is 9.54. The van der Waals surface area contributed by atoms with Crippen molar-refractivity contribution in [3.63, 3.8) is 0 Å². The van der Waals surface area contributed by atoms with Crippen LogP contribution in [0.25, 0.3) is 0 Å². The van der Waals surface area contributed by atoms with Crippen molar-refractivity contribution in [3.05, 3.63) is 27.5 Å². The molecule has 1 saturated heterocycles. The maximum Gasteiger partial charge on any atom is 0.303 e. The lowest BCUT2D eigenvalue weighted by Gasteiger charge is -2.45. The van der Waals surface area contributed by atoms with Gasteiger partial charge >= 0.3 is 23.9 Å². The van der Waals surface area contributed by atoms with Crippen LogP contribution in [0.1, 0.15) is 50.7 Å². The molecule has 2 rings (SSSR count). The number of hydrogen-bond acceptors (Lipinski definition) is 11. The molecule has 2 heterocycles. The maximum atomic E-state index is 12.0. The van der Waals surface area contributed by atoms with Crippen LogP contribution < -0.4 is 0 Å². The smallest absolute Gasteiger partial charge is 0.303 e. The Morgan fingerprint density at radius 1 is 0.971 bits per heavy atom. The Hall–Kier alpha value is -3.30. The van der Waals surface area contributed by atoms with E-state index in [0.29, 0.717) is 11.3 Å².